The van der Waals surface area contributed by atoms with Crippen LogP contribution in [-0.2, 0) is 15.6 Å². The van der Waals surface area contributed by atoms with E-state index in [1.165, 1.54) is 36.1 Å². The first-order chi connectivity index (χ1) is 19.8. The Morgan fingerprint density at radius 3 is 2.02 bits per heavy atom. The maximum Gasteiger partial charge on any atom is 0.0679 e. The van der Waals surface area contributed by atoms with Crippen molar-refractivity contribution in [2.75, 3.05) is 33.4 Å². The van der Waals surface area contributed by atoms with E-state index in [-0.39, 0.29) is 57.4 Å². The Labute approximate surface area is 301 Å². The zero-order valence-corrected chi connectivity index (χ0v) is 32.8. The molecular weight excluding hydrogens is 636 g/mol. The molecule has 4 rings (SSSR count). The van der Waals surface area contributed by atoms with E-state index in [4.69, 9.17) is 16.3 Å². The van der Waals surface area contributed by atoms with Crippen LogP contribution >= 0.6 is 52.1 Å². The van der Waals surface area contributed by atoms with E-state index < -0.39 is 0 Å². The molecule has 0 spiro atoms. The van der Waals surface area contributed by atoms with Crippen LogP contribution in [0.2, 0.25) is 5.02 Å². The first-order valence-electron chi connectivity index (χ1n) is 16.0. The van der Waals surface area contributed by atoms with Crippen LogP contribution in [0.1, 0.15) is 91.7 Å². The Morgan fingerprint density at radius 1 is 0.911 bits per heavy atom. The number of benzene rings is 2. The molecule has 2 aliphatic rings. The molecule has 2 saturated heterocycles. The Kier molecular flexibility index (Phi) is 20.4. The molecule has 0 unspecified atom stereocenters. The molecule has 0 bridgehead atoms. The summed E-state index contributed by atoms with van der Waals surface area (Å²) in [5.74, 6) is 0. The molecule has 1 N–H and O–H groups in total. The normalized spacial score (nSPS) is 20.0. The lowest BCUT2D eigenvalue weighted by Gasteiger charge is -2.37. The number of likely N-dealkylation sites (tertiary alicyclic amines) is 2. The van der Waals surface area contributed by atoms with Gasteiger partial charge in [0.1, 0.15) is 0 Å². The molecule has 0 aliphatic carbocycles. The number of hydrogen-bond donors (Lipinski definition) is 1. The summed E-state index contributed by atoms with van der Waals surface area (Å²) in [5, 5.41) is 10.4. The highest BCUT2D eigenvalue weighted by molar-refractivity contribution is 7.59. The second-order valence-electron chi connectivity index (χ2n) is 14.1. The lowest BCUT2D eigenvalue weighted by molar-refractivity contribution is 0.0925. The van der Waals surface area contributed by atoms with Gasteiger partial charge in [0.05, 0.1) is 12.7 Å². The van der Waals surface area contributed by atoms with Gasteiger partial charge in [-0.3, -0.25) is 9.80 Å². The lowest BCUT2D eigenvalue weighted by Crippen LogP contribution is -2.43. The number of rotatable bonds is 11. The highest BCUT2D eigenvalue weighted by Crippen LogP contribution is 2.34. The zero-order valence-electron chi connectivity index (χ0n) is 29.1. The summed E-state index contributed by atoms with van der Waals surface area (Å²) < 4.78 is 5.46. The number of β-amino-alcohol motifs (C(OH)–C–C–N with tert-alkyl or cyclic N) is 1. The minimum absolute atomic E-state index is 0. The molecule has 2 aliphatic heterocycles. The van der Waals surface area contributed by atoms with Crippen LogP contribution in [0.15, 0.2) is 66.2 Å². The van der Waals surface area contributed by atoms with E-state index in [1.807, 2.05) is 19.2 Å². The van der Waals surface area contributed by atoms with E-state index in [0.717, 1.165) is 44.0 Å². The van der Waals surface area contributed by atoms with Crippen LogP contribution in [0.5, 0.6) is 0 Å². The van der Waals surface area contributed by atoms with Crippen LogP contribution in [-0.4, -0.2) is 72.5 Å². The molecule has 2 fully saturated rings. The second-order valence-corrected chi connectivity index (χ2v) is 14.6. The van der Waals surface area contributed by atoms with Crippen LogP contribution < -0.4 is 0 Å². The van der Waals surface area contributed by atoms with Crippen molar-refractivity contribution >= 4 is 52.1 Å². The first kappa shape index (κ1) is 44.4. The number of nitrogens with zero attached hydrogens (tertiary/aromatic N) is 2. The summed E-state index contributed by atoms with van der Waals surface area (Å²) in [5.41, 5.74) is 4.44. The van der Waals surface area contributed by atoms with Crippen LogP contribution in [0.25, 0.3) is 0 Å². The Balaban J connectivity index is 0.000000818. The predicted molar refractivity (Wildman–Crippen MR) is 211 cm³/mol. The molecule has 0 radical (unpaired) electrons. The van der Waals surface area contributed by atoms with Gasteiger partial charge in [0.2, 0.25) is 0 Å². The number of hydrogen-bond acceptors (Lipinski definition) is 4. The monoisotopic (exact) mass is 698 g/mol. The third kappa shape index (κ3) is 13.8. The van der Waals surface area contributed by atoms with E-state index in [9.17, 15) is 5.11 Å². The fourth-order valence-corrected chi connectivity index (χ4v) is 7.03. The van der Waals surface area contributed by atoms with Crippen molar-refractivity contribution in [2.45, 2.75) is 116 Å². The van der Waals surface area contributed by atoms with E-state index in [0.29, 0.717) is 18.1 Å². The van der Waals surface area contributed by atoms with Gasteiger partial charge in [0, 0.05) is 43.3 Å². The molecular formula is C37H63ClN2O2S3. The third-order valence-corrected chi connectivity index (χ3v) is 9.51. The molecule has 2 heterocycles. The summed E-state index contributed by atoms with van der Waals surface area (Å²) in [4.78, 5) is 5.06. The van der Waals surface area contributed by atoms with E-state index >= 15 is 0 Å². The summed E-state index contributed by atoms with van der Waals surface area (Å²) in [7, 11) is 1.82. The number of methoxy groups -OCH3 is 1. The van der Waals surface area contributed by atoms with Crippen molar-refractivity contribution in [2.24, 2.45) is 0 Å². The van der Waals surface area contributed by atoms with Crippen LogP contribution in [0, 0.1) is 0 Å². The number of halogens is 1. The van der Waals surface area contributed by atoms with E-state index in [2.05, 4.69) is 107 Å². The van der Waals surface area contributed by atoms with Gasteiger partial charge in [-0.05, 0) is 93.5 Å². The molecule has 4 nitrogen and oxygen atoms in total. The molecule has 2 aromatic rings. The molecule has 258 valence electrons. The SMILES string of the molecule is COC[C@@H]1CCCN1[C@@H](C=C(C)C)CC(C)(C)c1ccccc1.C[C@@H](CC(C)(C)c1ccc(Cl)cc1)N1CC[C@H](O)C1.S.S.S. The summed E-state index contributed by atoms with van der Waals surface area (Å²) in [6.07, 6.45) is 7.99. The minimum atomic E-state index is -0.138. The molecule has 45 heavy (non-hydrogen) atoms. The fraction of sp³-hybridized carbons (Fsp3) is 0.622. The highest BCUT2D eigenvalue weighted by Gasteiger charge is 2.34. The van der Waals surface area contributed by atoms with Crippen molar-refractivity contribution in [1.82, 2.24) is 9.80 Å². The molecule has 0 amide bonds. The van der Waals surface area contributed by atoms with Gasteiger partial charge in [0.15, 0.2) is 0 Å². The maximum atomic E-state index is 9.64. The molecule has 0 saturated carbocycles. The predicted octanol–water partition coefficient (Wildman–Crippen LogP) is 8.60. The second kappa shape index (κ2) is 20.7. The van der Waals surface area contributed by atoms with Crippen molar-refractivity contribution in [3.8, 4) is 0 Å². The van der Waals surface area contributed by atoms with Gasteiger partial charge in [-0.15, -0.1) is 0 Å². The molecule has 2 aromatic carbocycles. The van der Waals surface area contributed by atoms with Gasteiger partial charge in [-0.1, -0.05) is 93.4 Å². The largest absolute Gasteiger partial charge is 0.392 e. The van der Waals surface area contributed by atoms with Crippen LogP contribution in [0.3, 0.4) is 0 Å². The fourth-order valence-electron chi connectivity index (χ4n) is 6.91. The summed E-state index contributed by atoms with van der Waals surface area (Å²) >= 11 is 5.95. The average molecular weight is 700 g/mol. The Morgan fingerprint density at radius 2 is 1.49 bits per heavy atom. The van der Waals surface area contributed by atoms with Gasteiger partial charge in [-0.2, -0.15) is 40.5 Å². The quantitative estimate of drug-likeness (QED) is 0.239. The first-order valence-corrected chi connectivity index (χ1v) is 16.3. The van der Waals surface area contributed by atoms with Crippen molar-refractivity contribution in [3.63, 3.8) is 0 Å². The standard InChI is InChI=1S/C21H33NO.C16H24ClNO.3H2S/c1-17(2)14-20(22-13-9-12-19(22)16-23-5)15-21(3,4)18-10-7-6-8-11-18;1-12(18-9-8-15(19)11-18)10-16(2,3)13-4-6-14(17)7-5-13;;;/h6-8,10-11,14,19-20H,9,12-13,15-16H2,1-5H3;4-7,12,15,19H,8-11H2,1-3H3;3*1H2/t19-,20-;12-,15-;;;/m00.../s1. The number of allylic oxidation sites excluding steroid dienone is 1. The number of aliphatic hydroxyl groups is 1. The van der Waals surface area contributed by atoms with Gasteiger partial charge < -0.3 is 9.84 Å². The van der Waals surface area contributed by atoms with Crippen molar-refractivity contribution in [1.29, 1.82) is 0 Å². The van der Waals surface area contributed by atoms with Gasteiger partial charge in [0.25, 0.3) is 0 Å². The molecule has 8 heteroatoms. The molecule has 0 aromatic heterocycles. The third-order valence-electron chi connectivity index (χ3n) is 9.26. The maximum absolute atomic E-state index is 9.64. The smallest absolute Gasteiger partial charge is 0.0679 e. The van der Waals surface area contributed by atoms with E-state index in [1.54, 1.807) is 0 Å². The van der Waals surface area contributed by atoms with Crippen molar-refractivity contribution in [3.05, 3.63) is 82.4 Å². The Hall–Kier alpha value is -0.640. The summed E-state index contributed by atoms with van der Waals surface area (Å²) in [6, 6.07) is 20.6. The minimum Gasteiger partial charge on any atom is -0.392 e. The summed E-state index contributed by atoms with van der Waals surface area (Å²) in [6.45, 7) is 19.8. The van der Waals surface area contributed by atoms with Crippen LogP contribution in [0.4, 0.5) is 0 Å². The zero-order chi connectivity index (χ0) is 30.9. The van der Waals surface area contributed by atoms with Gasteiger partial charge >= 0.3 is 0 Å². The lowest BCUT2D eigenvalue weighted by atomic mass is 9.78. The average Bonchev–Trinajstić information content (AvgIpc) is 3.58. The number of aliphatic hydroxyl groups excluding tert-OH is 1. The van der Waals surface area contributed by atoms with Gasteiger partial charge in [-0.25, -0.2) is 0 Å². The Bertz CT molecular complexity index is 1110. The number of ether oxygens (including phenoxy) is 1. The van der Waals surface area contributed by atoms with Crippen molar-refractivity contribution < 1.29 is 9.84 Å². The highest BCUT2D eigenvalue weighted by atomic mass is 35.5. The topological polar surface area (TPSA) is 35.9 Å². The molecule has 4 atom stereocenters.